The van der Waals surface area contributed by atoms with Gasteiger partial charge in [0.1, 0.15) is 0 Å². The lowest BCUT2D eigenvalue weighted by molar-refractivity contribution is -0.111. The number of amides is 1. The van der Waals surface area contributed by atoms with Crippen LogP contribution >= 0.6 is 11.3 Å². The molecule has 3 aromatic heterocycles. The van der Waals surface area contributed by atoms with Gasteiger partial charge in [-0.2, -0.15) is 5.10 Å². The summed E-state index contributed by atoms with van der Waals surface area (Å²) >= 11 is 1.59. The van der Waals surface area contributed by atoms with Gasteiger partial charge in [0, 0.05) is 48.1 Å². The molecule has 6 heteroatoms. The first-order valence-corrected chi connectivity index (χ1v) is 8.13. The molecule has 0 aliphatic carbocycles. The molecule has 0 radical (unpaired) electrons. The zero-order chi connectivity index (χ0) is 15.9. The summed E-state index contributed by atoms with van der Waals surface area (Å²) < 4.78 is 1.80. The lowest BCUT2D eigenvalue weighted by Crippen LogP contribution is -2.09. The third-order valence-electron chi connectivity index (χ3n) is 3.16. The summed E-state index contributed by atoms with van der Waals surface area (Å²) in [5.74, 6) is 0.361. The van der Waals surface area contributed by atoms with Crippen molar-refractivity contribution in [2.75, 3.05) is 5.32 Å². The van der Waals surface area contributed by atoms with Crippen LogP contribution in [0.25, 0.3) is 6.08 Å². The summed E-state index contributed by atoms with van der Waals surface area (Å²) in [5, 5.41) is 9.06. The van der Waals surface area contributed by atoms with E-state index in [4.69, 9.17) is 0 Å². The molecule has 0 unspecified atom stereocenters. The molecule has 3 aromatic rings. The zero-order valence-corrected chi connectivity index (χ0v) is 13.2. The van der Waals surface area contributed by atoms with E-state index in [1.165, 1.54) is 6.08 Å². The van der Waals surface area contributed by atoms with Crippen LogP contribution in [0.3, 0.4) is 0 Å². The van der Waals surface area contributed by atoms with Gasteiger partial charge in [0.2, 0.25) is 5.91 Å². The van der Waals surface area contributed by atoms with Gasteiger partial charge in [-0.1, -0.05) is 12.1 Å². The van der Waals surface area contributed by atoms with E-state index in [9.17, 15) is 4.79 Å². The number of hydrogen-bond donors (Lipinski definition) is 1. The van der Waals surface area contributed by atoms with Gasteiger partial charge < -0.3 is 5.32 Å². The predicted molar refractivity (Wildman–Crippen MR) is 92.2 cm³/mol. The highest BCUT2D eigenvalue weighted by Crippen LogP contribution is 2.10. The van der Waals surface area contributed by atoms with Gasteiger partial charge in [-0.25, -0.2) is 0 Å². The normalized spacial score (nSPS) is 11.0. The first-order valence-electron chi connectivity index (χ1n) is 7.25. The molecule has 0 aliphatic heterocycles. The van der Waals surface area contributed by atoms with Gasteiger partial charge >= 0.3 is 0 Å². The molecule has 0 spiro atoms. The maximum absolute atomic E-state index is 11.8. The number of rotatable bonds is 6. The van der Waals surface area contributed by atoms with Crippen LogP contribution in [0.1, 0.15) is 10.6 Å². The quantitative estimate of drug-likeness (QED) is 0.708. The fourth-order valence-corrected chi connectivity index (χ4v) is 2.66. The molecule has 0 saturated heterocycles. The Hall–Kier alpha value is -2.73. The summed E-state index contributed by atoms with van der Waals surface area (Å²) in [6.07, 6.45) is 7.73. The van der Waals surface area contributed by atoms with Crippen molar-refractivity contribution >= 4 is 29.1 Å². The van der Waals surface area contributed by atoms with Crippen LogP contribution in [0, 0.1) is 0 Å². The number of thiophene rings is 1. The number of nitrogens with one attached hydrogen (secondary N) is 1. The number of carbonyl (C=O) groups is 1. The van der Waals surface area contributed by atoms with Crippen molar-refractivity contribution in [1.82, 2.24) is 14.8 Å². The topological polar surface area (TPSA) is 59.8 Å². The van der Waals surface area contributed by atoms with E-state index in [0.29, 0.717) is 5.82 Å². The Bertz CT molecular complexity index is 778. The summed E-state index contributed by atoms with van der Waals surface area (Å²) in [7, 11) is 0. The molecule has 3 heterocycles. The van der Waals surface area contributed by atoms with Gasteiger partial charge in [0.15, 0.2) is 5.82 Å². The highest BCUT2D eigenvalue weighted by atomic mass is 32.1. The zero-order valence-electron chi connectivity index (χ0n) is 12.4. The third kappa shape index (κ3) is 4.62. The molecule has 5 nitrogen and oxygen atoms in total. The first kappa shape index (κ1) is 15.2. The smallest absolute Gasteiger partial charge is 0.249 e. The van der Waals surface area contributed by atoms with Crippen LogP contribution in [0.15, 0.2) is 60.2 Å². The molecule has 0 atom stereocenters. The van der Waals surface area contributed by atoms with Crippen molar-refractivity contribution in [3.8, 4) is 0 Å². The van der Waals surface area contributed by atoms with E-state index in [-0.39, 0.29) is 5.91 Å². The monoisotopic (exact) mass is 324 g/mol. The lowest BCUT2D eigenvalue weighted by Gasteiger charge is -2.01. The molecule has 23 heavy (non-hydrogen) atoms. The van der Waals surface area contributed by atoms with E-state index >= 15 is 0 Å². The van der Waals surface area contributed by atoms with Crippen LogP contribution in [0.4, 0.5) is 5.82 Å². The highest BCUT2D eigenvalue weighted by Gasteiger charge is 2.03. The van der Waals surface area contributed by atoms with Gasteiger partial charge in [0.25, 0.3) is 0 Å². The number of carbonyl (C=O) groups excluding carboxylic acids is 1. The van der Waals surface area contributed by atoms with Crippen LogP contribution in [0.2, 0.25) is 0 Å². The Balaban J connectivity index is 1.51. The van der Waals surface area contributed by atoms with Crippen LogP contribution in [-0.4, -0.2) is 20.7 Å². The molecule has 0 saturated carbocycles. The van der Waals surface area contributed by atoms with Crippen molar-refractivity contribution in [2.24, 2.45) is 0 Å². The second-order valence-electron chi connectivity index (χ2n) is 4.87. The SMILES string of the molecule is O=C(/C=C/c1cccs1)Nc1ccn(CCc2ccccn2)n1. The van der Waals surface area contributed by atoms with E-state index in [2.05, 4.69) is 15.4 Å². The molecule has 0 bridgehead atoms. The van der Waals surface area contributed by atoms with Crippen LogP contribution < -0.4 is 5.32 Å². The molecule has 0 aromatic carbocycles. The van der Waals surface area contributed by atoms with Gasteiger partial charge in [0.05, 0.1) is 0 Å². The van der Waals surface area contributed by atoms with Crippen molar-refractivity contribution < 1.29 is 4.79 Å². The molecular formula is C17H16N4OS. The fourth-order valence-electron chi connectivity index (χ4n) is 2.04. The molecule has 116 valence electrons. The van der Waals surface area contributed by atoms with Crippen molar-refractivity contribution in [3.63, 3.8) is 0 Å². The molecule has 0 fully saturated rings. The number of aryl methyl sites for hydroxylation is 2. The molecule has 1 N–H and O–H groups in total. The Morgan fingerprint density at radius 2 is 2.22 bits per heavy atom. The average molecular weight is 324 g/mol. The minimum absolute atomic E-state index is 0.187. The number of nitrogens with zero attached hydrogens (tertiary/aromatic N) is 3. The van der Waals surface area contributed by atoms with E-state index in [1.54, 1.807) is 34.4 Å². The maximum atomic E-state index is 11.8. The summed E-state index contributed by atoms with van der Waals surface area (Å²) in [6, 6.07) is 11.6. The Morgan fingerprint density at radius 1 is 1.26 bits per heavy atom. The number of aromatic nitrogens is 3. The van der Waals surface area contributed by atoms with Crippen molar-refractivity contribution in [3.05, 3.63) is 70.8 Å². The molecule has 1 amide bonds. The molecular weight excluding hydrogens is 308 g/mol. The van der Waals surface area contributed by atoms with Gasteiger partial charge in [-0.05, 0) is 29.7 Å². The first-order chi connectivity index (χ1) is 11.3. The fraction of sp³-hybridized carbons (Fsp3) is 0.118. The number of pyridine rings is 1. The average Bonchev–Trinajstić information content (AvgIpc) is 3.24. The lowest BCUT2D eigenvalue weighted by atomic mass is 10.3. The van der Waals surface area contributed by atoms with Crippen molar-refractivity contribution in [1.29, 1.82) is 0 Å². The second-order valence-corrected chi connectivity index (χ2v) is 5.85. The maximum Gasteiger partial charge on any atom is 0.249 e. The summed E-state index contributed by atoms with van der Waals surface area (Å²) in [4.78, 5) is 17.2. The highest BCUT2D eigenvalue weighted by molar-refractivity contribution is 7.10. The van der Waals surface area contributed by atoms with E-state index in [0.717, 1.165) is 23.5 Å². The standard InChI is InChI=1S/C17H16N4OS/c22-17(7-6-15-5-3-13-23-15)19-16-9-12-21(20-16)11-8-14-4-1-2-10-18-14/h1-7,9-10,12-13H,8,11H2,(H,19,20,22)/b7-6+. The minimum Gasteiger partial charge on any atom is -0.306 e. The van der Waals surface area contributed by atoms with E-state index < -0.39 is 0 Å². The third-order valence-corrected chi connectivity index (χ3v) is 3.99. The summed E-state index contributed by atoms with van der Waals surface area (Å²) in [5.41, 5.74) is 1.02. The number of hydrogen-bond acceptors (Lipinski definition) is 4. The van der Waals surface area contributed by atoms with Crippen LogP contribution in [0.5, 0.6) is 0 Å². The largest absolute Gasteiger partial charge is 0.306 e. The minimum atomic E-state index is -0.187. The molecule has 3 rings (SSSR count). The van der Waals surface area contributed by atoms with Crippen molar-refractivity contribution in [2.45, 2.75) is 13.0 Å². The second kappa shape index (κ2) is 7.51. The van der Waals surface area contributed by atoms with Crippen LogP contribution in [-0.2, 0) is 17.8 Å². The van der Waals surface area contributed by atoms with E-state index in [1.807, 2.05) is 41.9 Å². The molecule has 0 aliphatic rings. The number of anilines is 1. The Kier molecular flexibility index (Phi) is 4.95. The Morgan fingerprint density at radius 3 is 3.00 bits per heavy atom. The predicted octanol–water partition coefficient (Wildman–Crippen LogP) is 3.23. The van der Waals surface area contributed by atoms with Gasteiger partial charge in [-0.3, -0.25) is 14.5 Å². The van der Waals surface area contributed by atoms with Gasteiger partial charge in [-0.15, -0.1) is 11.3 Å². The summed E-state index contributed by atoms with van der Waals surface area (Å²) in [6.45, 7) is 0.720. The Labute approximate surface area is 138 Å².